The molecular formula is C15H31NO2Si. The summed E-state index contributed by atoms with van der Waals surface area (Å²) in [7, 11) is -1.65. The van der Waals surface area contributed by atoms with Crippen molar-refractivity contribution in [1.82, 2.24) is 4.90 Å². The standard InChI is InChI=1S/C15H31NO2Si/c1-13(11-16-10-8-7-9-14(16)17)12-18-19(5,6)15(2,3)4/h13H,7-12H2,1-6H3/t13-/m0/s1. The van der Waals surface area contributed by atoms with E-state index in [4.69, 9.17) is 4.43 Å². The van der Waals surface area contributed by atoms with Crippen molar-refractivity contribution in [2.24, 2.45) is 5.92 Å². The van der Waals surface area contributed by atoms with Crippen molar-refractivity contribution >= 4 is 14.2 Å². The van der Waals surface area contributed by atoms with Crippen LogP contribution in [0.15, 0.2) is 0 Å². The lowest BCUT2D eigenvalue weighted by molar-refractivity contribution is -0.134. The molecule has 0 aromatic heterocycles. The zero-order valence-corrected chi connectivity index (χ0v) is 14.6. The Bertz CT molecular complexity index is 310. The first kappa shape index (κ1) is 16.7. The Hall–Kier alpha value is -0.353. The molecule has 1 saturated heterocycles. The van der Waals surface area contributed by atoms with Gasteiger partial charge in [0.05, 0.1) is 0 Å². The van der Waals surface area contributed by atoms with Crippen LogP contribution in [0.25, 0.3) is 0 Å². The summed E-state index contributed by atoms with van der Waals surface area (Å²) < 4.78 is 6.23. The van der Waals surface area contributed by atoms with Crippen LogP contribution >= 0.6 is 0 Å². The molecule has 1 atom stereocenters. The van der Waals surface area contributed by atoms with Gasteiger partial charge in [-0.15, -0.1) is 0 Å². The highest BCUT2D eigenvalue weighted by Gasteiger charge is 2.37. The Morgan fingerprint density at radius 3 is 2.47 bits per heavy atom. The van der Waals surface area contributed by atoms with E-state index >= 15 is 0 Å². The molecule has 0 aromatic carbocycles. The molecule has 3 nitrogen and oxygen atoms in total. The highest BCUT2D eigenvalue weighted by molar-refractivity contribution is 6.74. The lowest BCUT2D eigenvalue weighted by Gasteiger charge is -2.37. The number of hydrogen-bond acceptors (Lipinski definition) is 2. The van der Waals surface area contributed by atoms with Crippen LogP contribution in [0.3, 0.4) is 0 Å². The Balaban J connectivity index is 2.39. The van der Waals surface area contributed by atoms with Gasteiger partial charge in [-0.3, -0.25) is 4.79 Å². The van der Waals surface area contributed by atoms with Crippen LogP contribution in [-0.2, 0) is 9.22 Å². The predicted octanol–water partition coefficient (Wildman–Crippen LogP) is 3.66. The van der Waals surface area contributed by atoms with Crippen molar-refractivity contribution < 1.29 is 9.22 Å². The molecule has 1 aliphatic heterocycles. The molecule has 1 amide bonds. The van der Waals surface area contributed by atoms with E-state index < -0.39 is 8.32 Å². The molecule has 0 aliphatic carbocycles. The summed E-state index contributed by atoms with van der Waals surface area (Å²) in [5.74, 6) is 0.751. The highest BCUT2D eigenvalue weighted by Crippen LogP contribution is 2.36. The minimum Gasteiger partial charge on any atom is -0.416 e. The van der Waals surface area contributed by atoms with Gasteiger partial charge in [-0.1, -0.05) is 27.7 Å². The third kappa shape index (κ3) is 4.92. The molecule has 0 saturated carbocycles. The van der Waals surface area contributed by atoms with E-state index in [1.807, 2.05) is 4.90 Å². The Morgan fingerprint density at radius 1 is 1.32 bits per heavy atom. The van der Waals surface area contributed by atoms with E-state index in [9.17, 15) is 4.79 Å². The van der Waals surface area contributed by atoms with Gasteiger partial charge in [-0.25, -0.2) is 0 Å². The van der Waals surface area contributed by atoms with E-state index in [0.29, 0.717) is 11.8 Å². The fraction of sp³-hybridized carbons (Fsp3) is 0.933. The van der Waals surface area contributed by atoms with Gasteiger partial charge in [0.25, 0.3) is 0 Å². The maximum Gasteiger partial charge on any atom is 0.222 e. The normalized spacial score (nSPS) is 19.7. The quantitative estimate of drug-likeness (QED) is 0.722. The van der Waals surface area contributed by atoms with Crippen LogP contribution in [0.2, 0.25) is 18.1 Å². The van der Waals surface area contributed by atoms with Crippen molar-refractivity contribution in [3.05, 3.63) is 0 Å². The predicted molar refractivity (Wildman–Crippen MR) is 82.7 cm³/mol. The number of likely N-dealkylation sites (tertiary alicyclic amines) is 1. The molecule has 1 heterocycles. The number of rotatable bonds is 5. The number of amides is 1. The second-order valence-corrected chi connectivity index (χ2v) is 12.3. The minimum atomic E-state index is -1.65. The summed E-state index contributed by atoms with van der Waals surface area (Å²) in [6.07, 6.45) is 2.95. The van der Waals surface area contributed by atoms with Gasteiger partial charge in [0.15, 0.2) is 8.32 Å². The molecule has 4 heteroatoms. The number of piperidine rings is 1. The molecule has 112 valence electrons. The maximum absolute atomic E-state index is 11.8. The summed E-state index contributed by atoms with van der Waals surface area (Å²) in [5.41, 5.74) is 0. The van der Waals surface area contributed by atoms with Gasteiger partial charge < -0.3 is 9.33 Å². The van der Waals surface area contributed by atoms with Crippen LogP contribution in [0, 0.1) is 5.92 Å². The Morgan fingerprint density at radius 2 is 1.95 bits per heavy atom. The lowest BCUT2D eigenvalue weighted by Crippen LogP contribution is -2.44. The third-order valence-corrected chi connectivity index (χ3v) is 8.99. The molecule has 0 spiro atoms. The Kier molecular flexibility index (Phi) is 5.62. The SMILES string of the molecule is C[C@H](CO[Si](C)(C)C(C)(C)C)CN1CCCCC1=O. The largest absolute Gasteiger partial charge is 0.416 e. The zero-order valence-electron chi connectivity index (χ0n) is 13.6. The summed E-state index contributed by atoms with van der Waals surface area (Å²) >= 11 is 0. The van der Waals surface area contributed by atoms with E-state index in [2.05, 4.69) is 40.8 Å². The van der Waals surface area contributed by atoms with Crippen LogP contribution in [0.1, 0.15) is 47.0 Å². The van der Waals surface area contributed by atoms with Gasteiger partial charge in [0.1, 0.15) is 0 Å². The van der Waals surface area contributed by atoms with Crippen molar-refractivity contribution in [2.75, 3.05) is 19.7 Å². The fourth-order valence-corrected chi connectivity index (χ4v) is 3.19. The highest BCUT2D eigenvalue weighted by atomic mass is 28.4. The molecule has 19 heavy (non-hydrogen) atoms. The van der Waals surface area contributed by atoms with Crippen molar-refractivity contribution in [2.45, 2.75) is 65.1 Å². The summed E-state index contributed by atoms with van der Waals surface area (Å²) in [5, 5.41) is 0.258. The van der Waals surface area contributed by atoms with Crippen LogP contribution in [-0.4, -0.2) is 38.8 Å². The van der Waals surface area contributed by atoms with Crippen LogP contribution in [0.5, 0.6) is 0 Å². The molecule has 0 aromatic rings. The Labute approximate surface area is 119 Å². The van der Waals surface area contributed by atoms with Gasteiger partial charge in [0.2, 0.25) is 5.91 Å². The molecule has 1 aliphatic rings. The fourth-order valence-electron chi connectivity index (χ4n) is 2.05. The van der Waals surface area contributed by atoms with Crippen LogP contribution in [0.4, 0.5) is 0 Å². The summed E-state index contributed by atoms with van der Waals surface area (Å²) in [6, 6.07) is 0. The number of nitrogens with zero attached hydrogens (tertiary/aromatic N) is 1. The second kappa shape index (κ2) is 6.40. The van der Waals surface area contributed by atoms with Crippen molar-refractivity contribution in [3.8, 4) is 0 Å². The number of hydrogen-bond donors (Lipinski definition) is 0. The molecule has 0 radical (unpaired) electrons. The van der Waals surface area contributed by atoms with Crippen molar-refractivity contribution in [1.29, 1.82) is 0 Å². The van der Waals surface area contributed by atoms with Gasteiger partial charge in [-0.2, -0.15) is 0 Å². The van der Waals surface area contributed by atoms with Gasteiger partial charge in [0, 0.05) is 26.1 Å². The summed E-state index contributed by atoms with van der Waals surface area (Å²) in [6.45, 7) is 16.1. The second-order valence-electron chi connectivity index (χ2n) is 7.47. The average Bonchev–Trinajstić information content (AvgIpc) is 2.28. The van der Waals surface area contributed by atoms with Crippen molar-refractivity contribution in [3.63, 3.8) is 0 Å². The lowest BCUT2D eigenvalue weighted by atomic mass is 10.1. The first-order valence-electron chi connectivity index (χ1n) is 7.55. The minimum absolute atomic E-state index is 0.258. The van der Waals surface area contributed by atoms with Gasteiger partial charge >= 0.3 is 0 Å². The average molecular weight is 286 g/mol. The molecule has 0 unspecified atom stereocenters. The van der Waals surface area contributed by atoms with E-state index in [1.165, 1.54) is 0 Å². The number of carbonyl (C=O) groups is 1. The van der Waals surface area contributed by atoms with E-state index in [0.717, 1.165) is 39.0 Å². The smallest absolute Gasteiger partial charge is 0.222 e. The molecular weight excluding hydrogens is 254 g/mol. The topological polar surface area (TPSA) is 29.5 Å². The third-order valence-electron chi connectivity index (χ3n) is 4.49. The van der Waals surface area contributed by atoms with E-state index in [1.54, 1.807) is 0 Å². The van der Waals surface area contributed by atoms with E-state index in [-0.39, 0.29) is 5.04 Å². The summed E-state index contributed by atoms with van der Waals surface area (Å²) in [4.78, 5) is 13.8. The molecule has 0 bridgehead atoms. The molecule has 0 N–H and O–H groups in total. The number of carbonyl (C=O) groups excluding carboxylic acids is 1. The zero-order chi connectivity index (χ0) is 14.7. The van der Waals surface area contributed by atoms with Crippen LogP contribution < -0.4 is 0 Å². The van der Waals surface area contributed by atoms with Gasteiger partial charge in [-0.05, 0) is 36.9 Å². The maximum atomic E-state index is 11.8. The first-order valence-corrected chi connectivity index (χ1v) is 10.5. The molecule has 1 fully saturated rings. The monoisotopic (exact) mass is 285 g/mol. The first-order chi connectivity index (χ1) is 8.63. The molecule has 1 rings (SSSR count).